The van der Waals surface area contributed by atoms with Crippen LogP contribution < -0.4 is 10.6 Å². The fraction of sp³-hybridized carbons (Fsp3) is 0.588. The molecule has 0 bridgehead atoms. The van der Waals surface area contributed by atoms with Crippen molar-refractivity contribution in [2.24, 2.45) is 5.92 Å². The first-order chi connectivity index (χ1) is 9.78. The second kappa shape index (κ2) is 7.46. The smallest absolute Gasteiger partial charge is 0.315 e. The van der Waals surface area contributed by atoms with Crippen molar-refractivity contribution in [3.05, 3.63) is 35.9 Å². The molecule has 1 rings (SSSR count). The molecule has 0 spiro atoms. The van der Waals surface area contributed by atoms with E-state index in [2.05, 4.69) is 36.6 Å². The summed E-state index contributed by atoms with van der Waals surface area (Å²) in [6.07, 6.45) is 0. The van der Waals surface area contributed by atoms with E-state index >= 15 is 0 Å². The fourth-order valence-corrected chi connectivity index (χ4v) is 2.04. The molecule has 0 saturated heterocycles. The third kappa shape index (κ3) is 4.74. The van der Waals surface area contributed by atoms with Gasteiger partial charge in [-0.3, -0.25) is 0 Å². The second-order valence-electron chi connectivity index (χ2n) is 6.38. The van der Waals surface area contributed by atoms with Crippen molar-refractivity contribution >= 4 is 6.03 Å². The SMILES string of the molecule is CC(CO)C(C)NC(=O)NC(C)C(C)(C)c1ccccc1. The molecule has 3 N–H and O–H groups in total. The molecular formula is C17H28N2O2. The van der Waals surface area contributed by atoms with E-state index in [9.17, 15) is 4.79 Å². The van der Waals surface area contributed by atoms with Gasteiger partial charge < -0.3 is 15.7 Å². The van der Waals surface area contributed by atoms with Gasteiger partial charge in [0.05, 0.1) is 0 Å². The van der Waals surface area contributed by atoms with Crippen molar-refractivity contribution in [2.75, 3.05) is 6.61 Å². The fourth-order valence-electron chi connectivity index (χ4n) is 2.04. The van der Waals surface area contributed by atoms with E-state index in [1.807, 2.05) is 39.0 Å². The number of carbonyl (C=O) groups excluding carboxylic acids is 1. The summed E-state index contributed by atoms with van der Waals surface area (Å²) in [5, 5.41) is 15.0. The number of aliphatic hydroxyl groups is 1. The van der Waals surface area contributed by atoms with Crippen molar-refractivity contribution < 1.29 is 9.90 Å². The first kappa shape index (κ1) is 17.5. The molecule has 118 valence electrons. The Kier molecular flexibility index (Phi) is 6.21. The quantitative estimate of drug-likeness (QED) is 0.755. The lowest BCUT2D eigenvalue weighted by atomic mass is 9.78. The minimum Gasteiger partial charge on any atom is -0.396 e. The lowest BCUT2D eigenvalue weighted by Gasteiger charge is -2.33. The van der Waals surface area contributed by atoms with Crippen LogP contribution in [0.5, 0.6) is 0 Å². The van der Waals surface area contributed by atoms with Crippen molar-refractivity contribution in [1.29, 1.82) is 0 Å². The average Bonchev–Trinajstić information content (AvgIpc) is 2.46. The Hall–Kier alpha value is -1.55. The summed E-state index contributed by atoms with van der Waals surface area (Å²) in [6, 6.07) is 9.88. The average molecular weight is 292 g/mol. The van der Waals surface area contributed by atoms with Gasteiger partial charge in [0.2, 0.25) is 0 Å². The first-order valence-corrected chi connectivity index (χ1v) is 7.52. The Morgan fingerprint density at radius 2 is 1.71 bits per heavy atom. The van der Waals surface area contributed by atoms with Gasteiger partial charge in [-0.2, -0.15) is 0 Å². The highest BCUT2D eigenvalue weighted by Crippen LogP contribution is 2.26. The van der Waals surface area contributed by atoms with Crippen LogP contribution in [-0.2, 0) is 5.41 Å². The van der Waals surface area contributed by atoms with E-state index < -0.39 is 0 Å². The lowest BCUT2D eigenvalue weighted by molar-refractivity contribution is 0.197. The third-order valence-electron chi connectivity index (χ3n) is 4.45. The molecule has 4 nitrogen and oxygen atoms in total. The highest BCUT2D eigenvalue weighted by Gasteiger charge is 2.29. The number of amides is 2. The van der Waals surface area contributed by atoms with Crippen molar-refractivity contribution in [1.82, 2.24) is 10.6 Å². The summed E-state index contributed by atoms with van der Waals surface area (Å²) in [7, 11) is 0. The normalized spacial score (nSPS) is 15.9. The lowest BCUT2D eigenvalue weighted by Crippen LogP contribution is -2.52. The van der Waals surface area contributed by atoms with Crippen molar-refractivity contribution in [3.8, 4) is 0 Å². The summed E-state index contributed by atoms with van der Waals surface area (Å²) in [5.74, 6) is 0.0354. The van der Waals surface area contributed by atoms with E-state index in [0.29, 0.717) is 0 Å². The van der Waals surface area contributed by atoms with Crippen LogP contribution in [-0.4, -0.2) is 29.8 Å². The largest absolute Gasteiger partial charge is 0.396 e. The molecule has 0 radical (unpaired) electrons. The highest BCUT2D eigenvalue weighted by molar-refractivity contribution is 5.74. The number of carbonyl (C=O) groups is 1. The molecule has 3 unspecified atom stereocenters. The van der Waals surface area contributed by atoms with Gasteiger partial charge >= 0.3 is 6.03 Å². The number of aliphatic hydroxyl groups excluding tert-OH is 1. The van der Waals surface area contributed by atoms with E-state index in [1.54, 1.807) is 0 Å². The first-order valence-electron chi connectivity index (χ1n) is 7.52. The van der Waals surface area contributed by atoms with Gasteiger partial charge in [0.1, 0.15) is 0 Å². The van der Waals surface area contributed by atoms with Crippen molar-refractivity contribution in [2.45, 2.75) is 52.1 Å². The van der Waals surface area contributed by atoms with E-state index in [-0.39, 0.29) is 36.1 Å². The van der Waals surface area contributed by atoms with E-state index in [1.165, 1.54) is 5.56 Å². The van der Waals surface area contributed by atoms with Crippen molar-refractivity contribution in [3.63, 3.8) is 0 Å². The molecule has 4 heteroatoms. The zero-order valence-electron chi connectivity index (χ0n) is 13.7. The Labute approximate surface area is 128 Å². The molecule has 0 aliphatic heterocycles. The minimum absolute atomic E-state index is 0.0171. The summed E-state index contributed by atoms with van der Waals surface area (Å²) >= 11 is 0. The number of nitrogens with one attached hydrogen (secondary N) is 2. The van der Waals surface area contributed by atoms with Crippen LogP contribution in [0.25, 0.3) is 0 Å². The minimum atomic E-state index is -0.195. The van der Waals surface area contributed by atoms with Crippen LogP contribution in [0.3, 0.4) is 0 Å². The number of hydrogen-bond donors (Lipinski definition) is 3. The topological polar surface area (TPSA) is 61.4 Å². The Morgan fingerprint density at radius 1 is 1.14 bits per heavy atom. The van der Waals surface area contributed by atoms with Crippen LogP contribution in [0.1, 0.15) is 40.2 Å². The zero-order chi connectivity index (χ0) is 16.0. The molecule has 1 aromatic carbocycles. The van der Waals surface area contributed by atoms with Crippen LogP contribution in [0.2, 0.25) is 0 Å². The zero-order valence-corrected chi connectivity index (χ0v) is 13.7. The van der Waals surface area contributed by atoms with Gasteiger partial charge in [-0.05, 0) is 25.3 Å². The van der Waals surface area contributed by atoms with Gasteiger partial charge in [0.15, 0.2) is 0 Å². The van der Waals surface area contributed by atoms with Crippen LogP contribution in [0, 0.1) is 5.92 Å². The molecule has 2 amide bonds. The Morgan fingerprint density at radius 3 is 2.24 bits per heavy atom. The molecular weight excluding hydrogens is 264 g/mol. The summed E-state index contributed by atoms with van der Waals surface area (Å²) < 4.78 is 0. The predicted molar refractivity (Wildman–Crippen MR) is 86.3 cm³/mol. The third-order valence-corrected chi connectivity index (χ3v) is 4.45. The molecule has 3 atom stereocenters. The molecule has 0 aliphatic carbocycles. The second-order valence-corrected chi connectivity index (χ2v) is 6.38. The molecule has 0 aliphatic rings. The Bertz CT molecular complexity index is 445. The van der Waals surface area contributed by atoms with Gasteiger partial charge in [-0.1, -0.05) is 51.1 Å². The monoisotopic (exact) mass is 292 g/mol. The maximum Gasteiger partial charge on any atom is 0.315 e. The van der Waals surface area contributed by atoms with E-state index in [4.69, 9.17) is 5.11 Å². The molecule has 0 saturated carbocycles. The Balaban J connectivity index is 2.64. The predicted octanol–water partition coefficient (Wildman–Crippen LogP) is 2.67. The van der Waals surface area contributed by atoms with Crippen LogP contribution in [0.15, 0.2) is 30.3 Å². The molecule has 0 aromatic heterocycles. The van der Waals surface area contributed by atoms with Gasteiger partial charge in [-0.25, -0.2) is 4.79 Å². The summed E-state index contributed by atoms with van der Waals surface area (Å²) in [6.45, 7) is 10.1. The van der Waals surface area contributed by atoms with Gasteiger partial charge in [0.25, 0.3) is 0 Å². The maximum absolute atomic E-state index is 12.1. The summed E-state index contributed by atoms with van der Waals surface area (Å²) in [4.78, 5) is 12.1. The van der Waals surface area contributed by atoms with E-state index in [0.717, 1.165) is 0 Å². The standard InChI is InChI=1S/C17H28N2O2/c1-12(11-20)13(2)18-16(21)19-14(3)17(4,5)15-9-7-6-8-10-15/h6-10,12-14,20H,11H2,1-5H3,(H2,18,19,21). The molecule has 1 aromatic rings. The summed E-state index contributed by atoms with van der Waals surface area (Å²) in [5.41, 5.74) is 1.03. The molecule has 21 heavy (non-hydrogen) atoms. The number of hydrogen-bond acceptors (Lipinski definition) is 2. The van der Waals surface area contributed by atoms with Crippen LogP contribution >= 0.6 is 0 Å². The molecule has 0 fully saturated rings. The highest BCUT2D eigenvalue weighted by atomic mass is 16.3. The number of urea groups is 1. The number of rotatable bonds is 6. The maximum atomic E-state index is 12.1. The molecule has 0 heterocycles. The van der Waals surface area contributed by atoms with Crippen LogP contribution in [0.4, 0.5) is 4.79 Å². The number of benzene rings is 1. The van der Waals surface area contributed by atoms with Gasteiger partial charge in [0, 0.05) is 24.1 Å². The van der Waals surface area contributed by atoms with Gasteiger partial charge in [-0.15, -0.1) is 0 Å².